The first-order chi connectivity index (χ1) is 9.31. The summed E-state index contributed by atoms with van der Waals surface area (Å²) < 4.78 is 5.83. The van der Waals surface area contributed by atoms with Gasteiger partial charge in [0.15, 0.2) is 0 Å². The highest BCUT2D eigenvalue weighted by molar-refractivity contribution is 5.85. The largest absolute Gasteiger partial charge is 0.378 e. The van der Waals surface area contributed by atoms with Crippen LogP contribution in [0.25, 0.3) is 0 Å². The van der Waals surface area contributed by atoms with E-state index in [9.17, 15) is 4.79 Å². The van der Waals surface area contributed by atoms with Crippen LogP contribution in [0.3, 0.4) is 0 Å². The minimum atomic E-state index is 0. The van der Waals surface area contributed by atoms with Crippen LogP contribution in [0.4, 0.5) is 0 Å². The number of carbonyl (C=O) groups is 1. The summed E-state index contributed by atoms with van der Waals surface area (Å²) in [6.07, 6.45) is 8.00. The molecule has 20 heavy (non-hydrogen) atoms. The highest BCUT2D eigenvalue weighted by atomic mass is 35.5. The molecule has 2 rings (SSSR count). The molecule has 0 aromatic rings. The maximum Gasteiger partial charge on any atom is 0.239 e. The SMILES string of the molecule is CCCOC1CCCN(C(=O)[C@H]2CCCCN2)CC1.Cl. The van der Waals surface area contributed by atoms with Gasteiger partial charge in [0.2, 0.25) is 5.91 Å². The average molecular weight is 305 g/mol. The smallest absolute Gasteiger partial charge is 0.239 e. The summed E-state index contributed by atoms with van der Waals surface area (Å²) in [6, 6.07) is 0.0712. The maximum atomic E-state index is 12.4. The molecule has 118 valence electrons. The van der Waals surface area contributed by atoms with Crippen molar-refractivity contribution in [2.45, 2.75) is 64.0 Å². The summed E-state index contributed by atoms with van der Waals surface area (Å²) in [5.74, 6) is 0.316. The van der Waals surface area contributed by atoms with E-state index in [0.717, 1.165) is 58.3 Å². The minimum Gasteiger partial charge on any atom is -0.378 e. The zero-order valence-electron chi connectivity index (χ0n) is 12.6. The zero-order chi connectivity index (χ0) is 13.5. The average Bonchev–Trinajstić information content (AvgIpc) is 2.71. The van der Waals surface area contributed by atoms with Crippen LogP contribution in [0.1, 0.15) is 51.9 Å². The summed E-state index contributed by atoms with van der Waals surface area (Å²) in [5.41, 5.74) is 0. The molecule has 0 spiro atoms. The van der Waals surface area contributed by atoms with Gasteiger partial charge in [0, 0.05) is 19.7 Å². The van der Waals surface area contributed by atoms with Crippen molar-refractivity contribution in [3.05, 3.63) is 0 Å². The van der Waals surface area contributed by atoms with Crippen LogP contribution in [0.2, 0.25) is 0 Å². The molecule has 0 aromatic heterocycles. The van der Waals surface area contributed by atoms with Gasteiger partial charge in [0.1, 0.15) is 0 Å². The third-order valence-electron chi connectivity index (χ3n) is 4.15. The van der Waals surface area contributed by atoms with Gasteiger partial charge in [-0.05, 0) is 45.1 Å². The van der Waals surface area contributed by atoms with Crippen molar-refractivity contribution in [2.24, 2.45) is 0 Å². The van der Waals surface area contributed by atoms with Crippen molar-refractivity contribution in [3.63, 3.8) is 0 Å². The quantitative estimate of drug-likeness (QED) is 0.867. The molecule has 4 nitrogen and oxygen atoms in total. The van der Waals surface area contributed by atoms with E-state index in [2.05, 4.69) is 17.1 Å². The van der Waals surface area contributed by atoms with E-state index in [0.29, 0.717) is 12.0 Å². The summed E-state index contributed by atoms with van der Waals surface area (Å²) in [5, 5.41) is 3.36. The van der Waals surface area contributed by atoms with Gasteiger partial charge in [-0.1, -0.05) is 13.3 Å². The Labute approximate surface area is 129 Å². The van der Waals surface area contributed by atoms with Crippen molar-refractivity contribution in [3.8, 4) is 0 Å². The Balaban J connectivity index is 0.00000200. The standard InChI is InChI=1S/C15H28N2O2.ClH/c1-2-12-19-13-6-5-10-17(11-8-13)15(18)14-7-3-4-9-16-14;/h13-14,16H,2-12H2,1H3;1H/t13?,14-;/m1./s1. The van der Waals surface area contributed by atoms with Crippen molar-refractivity contribution < 1.29 is 9.53 Å². The first kappa shape index (κ1) is 17.7. The van der Waals surface area contributed by atoms with Gasteiger partial charge in [-0.2, -0.15) is 0 Å². The van der Waals surface area contributed by atoms with Crippen molar-refractivity contribution in [1.82, 2.24) is 10.2 Å². The first-order valence-corrected chi connectivity index (χ1v) is 7.95. The van der Waals surface area contributed by atoms with Gasteiger partial charge < -0.3 is 15.0 Å². The van der Waals surface area contributed by atoms with Crippen LogP contribution < -0.4 is 5.32 Å². The number of nitrogens with one attached hydrogen (secondary N) is 1. The van der Waals surface area contributed by atoms with Crippen molar-refractivity contribution >= 4 is 18.3 Å². The molecule has 1 amide bonds. The fraction of sp³-hybridized carbons (Fsp3) is 0.933. The molecule has 0 aromatic carbocycles. The fourth-order valence-corrected chi connectivity index (χ4v) is 3.02. The number of ether oxygens (including phenoxy) is 1. The fourth-order valence-electron chi connectivity index (χ4n) is 3.02. The van der Waals surface area contributed by atoms with Gasteiger partial charge in [0.05, 0.1) is 12.1 Å². The molecule has 1 unspecified atom stereocenters. The lowest BCUT2D eigenvalue weighted by atomic mass is 10.0. The number of rotatable bonds is 4. The maximum absolute atomic E-state index is 12.4. The second-order valence-corrected chi connectivity index (χ2v) is 5.75. The monoisotopic (exact) mass is 304 g/mol. The van der Waals surface area contributed by atoms with E-state index in [1.54, 1.807) is 0 Å². The van der Waals surface area contributed by atoms with E-state index in [4.69, 9.17) is 4.74 Å². The molecule has 0 saturated carbocycles. The topological polar surface area (TPSA) is 41.6 Å². The molecule has 2 aliphatic heterocycles. The lowest BCUT2D eigenvalue weighted by molar-refractivity contribution is -0.134. The van der Waals surface area contributed by atoms with E-state index in [1.165, 1.54) is 12.8 Å². The molecule has 2 atom stereocenters. The Hall–Kier alpha value is -0.320. The number of nitrogens with zero attached hydrogens (tertiary/aromatic N) is 1. The Morgan fingerprint density at radius 1 is 1.20 bits per heavy atom. The number of amides is 1. The van der Waals surface area contributed by atoms with Crippen molar-refractivity contribution in [2.75, 3.05) is 26.2 Å². The number of hydrogen-bond acceptors (Lipinski definition) is 3. The predicted octanol–water partition coefficient (Wildman–Crippen LogP) is 2.36. The molecular formula is C15H29ClN2O2. The van der Waals surface area contributed by atoms with Gasteiger partial charge in [-0.15, -0.1) is 12.4 Å². The Morgan fingerprint density at radius 3 is 2.75 bits per heavy atom. The Morgan fingerprint density at radius 2 is 2.05 bits per heavy atom. The third-order valence-corrected chi connectivity index (χ3v) is 4.15. The second-order valence-electron chi connectivity index (χ2n) is 5.75. The molecule has 1 N–H and O–H groups in total. The number of halogens is 1. The summed E-state index contributed by atoms with van der Waals surface area (Å²) in [6.45, 7) is 5.75. The molecule has 0 bridgehead atoms. The van der Waals surface area contributed by atoms with Gasteiger partial charge in [0.25, 0.3) is 0 Å². The third kappa shape index (κ3) is 5.23. The zero-order valence-corrected chi connectivity index (χ0v) is 13.4. The van der Waals surface area contributed by atoms with Crippen LogP contribution in [0.15, 0.2) is 0 Å². The summed E-state index contributed by atoms with van der Waals surface area (Å²) >= 11 is 0. The van der Waals surface area contributed by atoms with E-state index in [-0.39, 0.29) is 18.4 Å². The molecular weight excluding hydrogens is 276 g/mol. The van der Waals surface area contributed by atoms with Gasteiger partial charge in [-0.25, -0.2) is 0 Å². The molecule has 2 saturated heterocycles. The number of carbonyl (C=O) groups excluding carboxylic acids is 1. The van der Waals surface area contributed by atoms with Gasteiger partial charge in [-0.3, -0.25) is 4.79 Å². The normalized spacial score (nSPS) is 27.6. The molecule has 2 aliphatic rings. The molecule has 0 radical (unpaired) electrons. The molecule has 2 fully saturated rings. The molecule has 2 heterocycles. The number of likely N-dealkylation sites (tertiary alicyclic amines) is 1. The van der Waals surface area contributed by atoms with Crippen LogP contribution in [0.5, 0.6) is 0 Å². The minimum absolute atomic E-state index is 0. The van der Waals surface area contributed by atoms with Crippen LogP contribution in [-0.2, 0) is 9.53 Å². The lowest BCUT2D eigenvalue weighted by Gasteiger charge is -2.29. The van der Waals surface area contributed by atoms with Gasteiger partial charge >= 0.3 is 0 Å². The summed E-state index contributed by atoms with van der Waals surface area (Å²) in [7, 11) is 0. The second kappa shape index (κ2) is 9.59. The van der Waals surface area contributed by atoms with E-state index < -0.39 is 0 Å². The van der Waals surface area contributed by atoms with Crippen molar-refractivity contribution in [1.29, 1.82) is 0 Å². The summed E-state index contributed by atoms with van der Waals surface area (Å²) in [4.78, 5) is 14.5. The number of hydrogen-bond donors (Lipinski definition) is 1. The highest BCUT2D eigenvalue weighted by Crippen LogP contribution is 2.17. The first-order valence-electron chi connectivity index (χ1n) is 7.95. The Bertz CT molecular complexity index is 283. The van der Waals surface area contributed by atoms with E-state index in [1.807, 2.05) is 0 Å². The van der Waals surface area contributed by atoms with E-state index >= 15 is 0 Å². The molecule has 5 heteroatoms. The highest BCUT2D eigenvalue weighted by Gasteiger charge is 2.27. The lowest BCUT2D eigenvalue weighted by Crippen LogP contribution is -2.48. The van der Waals surface area contributed by atoms with Crippen LogP contribution >= 0.6 is 12.4 Å². The van der Waals surface area contributed by atoms with Crippen LogP contribution in [-0.4, -0.2) is 49.2 Å². The predicted molar refractivity (Wildman–Crippen MR) is 83.4 cm³/mol. The molecule has 0 aliphatic carbocycles. The van der Waals surface area contributed by atoms with Crippen LogP contribution in [0, 0.1) is 0 Å². The number of piperidine rings is 1. The Kier molecular flexibility index (Phi) is 8.50.